The summed E-state index contributed by atoms with van der Waals surface area (Å²) in [6, 6.07) is 19.9. The summed E-state index contributed by atoms with van der Waals surface area (Å²) < 4.78 is 0. The molecule has 27 heavy (non-hydrogen) atoms. The maximum Gasteiger partial charge on any atom is 4.00 e. The Morgan fingerprint density at radius 3 is 2.15 bits per heavy atom. The molecule has 1 saturated carbocycles. The zero-order valence-corrected chi connectivity index (χ0v) is 20.1. The second-order valence-corrected chi connectivity index (χ2v) is 8.22. The van der Waals surface area contributed by atoms with Crippen LogP contribution in [0.5, 0.6) is 0 Å². The average Bonchev–Trinajstić information content (AvgIpc) is 2.95. The molecule has 140 valence electrons. The predicted octanol–water partition coefficient (Wildman–Crippen LogP) is -4.06. The van der Waals surface area contributed by atoms with Crippen LogP contribution in [0.3, 0.4) is 0 Å². The van der Waals surface area contributed by atoms with Gasteiger partial charge in [0.15, 0.2) is 0 Å². The van der Waals surface area contributed by atoms with Gasteiger partial charge < -0.3 is 37.2 Å². The molecular weight excluding hydrogens is 447 g/mol. The van der Waals surface area contributed by atoms with E-state index in [0.29, 0.717) is 5.92 Å². The SMILES string of the molecule is [C-]1=C([Si]c2ccccc2)c2ccccc2C1CC1CCCCC1.[Cl-].[Cl-].[Cl-].[Ti+4]. The first-order valence-electron chi connectivity index (χ1n) is 8.95. The molecule has 1 fully saturated rings. The first-order chi connectivity index (χ1) is 11.4. The van der Waals surface area contributed by atoms with Crippen molar-refractivity contribution in [2.24, 2.45) is 5.92 Å². The van der Waals surface area contributed by atoms with Crippen LogP contribution in [0, 0.1) is 12.0 Å². The van der Waals surface area contributed by atoms with Crippen molar-refractivity contribution >= 4 is 19.9 Å². The van der Waals surface area contributed by atoms with Gasteiger partial charge in [0.05, 0.1) is 9.52 Å². The third-order valence-electron chi connectivity index (χ3n) is 5.26. The number of hydrogen-bond acceptors (Lipinski definition) is 0. The van der Waals surface area contributed by atoms with Gasteiger partial charge in [-0.2, -0.15) is 5.56 Å². The molecule has 0 nitrogen and oxygen atoms in total. The summed E-state index contributed by atoms with van der Waals surface area (Å²) in [6.45, 7) is 0. The Morgan fingerprint density at radius 2 is 1.44 bits per heavy atom. The first kappa shape index (κ1) is 27.0. The van der Waals surface area contributed by atoms with Crippen molar-refractivity contribution in [2.45, 2.75) is 44.4 Å². The van der Waals surface area contributed by atoms with Gasteiger partial charge in [-0.25, -0.2) is 5.20 Å². The van der Waals surface area contributed by atoms with E-state index in [9.17, 15) is 0 Å². The zero-order chi connectivity index (χ0) is 15.5. The Balaban J connectivity index is 0.00000169. The molecule has 2 aromatic carbocycles. The van der Waals surface area contributed by atoms with Gasteiger partial charge in [-0.3, -0.25) is 6.08 Å². The van der Waals surface area contributed by atoms with E-state index in [-0.39, 0.29) is 58.9 Å². The van der Waals surface area contributed by atoms with Crippen molar-refractivity contribution < 1.29 is 58.9 Å². The molecule has 2 aliphatic rings. The number of allylic oxidation sites excluding steroid dienone is 1. The van der Waals surface area contributed by atoms with Gasteiger partial charge in [0.2, 0.25) is 0 Å². The van der Waals surface area contributed by atoms with Crippen LogP contribution in [0.1, 0.15) is 55.6 Å². The van der Waals surface area contributed by atoms with E-state index in [1.165, 1.54) is 60.0 Å². The summed E-state index contributed by atoms with van der Waals surface area (Å²) in [7, 11) is 0.729. The Hall–Kier alpha value is -0.0188. The predicted molar refractivity (Wildman–Crippen MR) is 98.9 cm³/mol. The number of hydrogen-bond donors (Lipinski definition) is 0. The molecule has 4 rings (SSSR count). The fourth-order valence-electron chi connectivity index (χ4n) is 4.07. The van der Waals surface area contributed by atoms with Crippen LogP contribution in [0.2, 0.25) is 0 Å². The summed E-state index contributed by atoms with van der Waals surface area (Å²) >= 11 is 0. The molecule has 5 heteroatoms. The maximum absolute atomic E-state index is 3.88. The third kappa shape index (κ3) is 6.77. The summed E-state index contributed by atoms with van der Waals surface area (Å²) in [5.74, 6) is 1.44. The molecule has 0 aromatic heterocycles. The molecule has 0 heterocycles. The van der Waals surface area contributed by atoms with Crippen molar-refractivity contribution in [3.63, 3.8) is 0 Å². The minimum atomic E-state index is 0. The van der Waals surface area contributed by atoms with E-state index in [4.69, 9.17) is 0 Å². The molecule has 0 amide bonds. The molecule has 0 bridgehead atoms. The second kappa shape index (κ2) is 13.2. The largest absolute Gasteiger partial charge is 4.00 e. The van der Waals surface area contributed by atoms with Gasteiger partial charge in [0, 0.05) is 0 Å². The minimum absolute atomic E-state index is 0. The van der Waals surface area contributed by atoms with Crippen LogP contribution in [0.4, 0.5) is 0 Å². The van der Waals surface area contributed by atoms with Crippen molar-refractivity contribution in [3.05, 3.63) is 71.8 Å². The normalized spacial score (nSPS) is 17.9. The summed E-state index contributed by atoms with van der Waals surface area (Å²) in [4.78, 5) is 0. The maximum atomic E-state index is 3.88. The quantitative estimate of drug-likeness (QED) is 0.316. The number of benzene rings is 2. The van der Waals surface area contributed by atoms with Gasteiger partial charge in [0.1, 0.15) is 0 Å². The van der Waals surface area contributed by atoms with Gasteiger partial charge >= 0.3 is 21.7 Å². The van der Waals surface area contributed by atoms with Crippen LogP contribution < -0.4 is 42.4 Å². The van der Waals surface area contributed by atoms with Gasteiger partial charge in [-0.1, -0.05) is 98.2 Å². The Bertz CT molecular complexity index is 700. The molecule has 2 radical (unpaired) electrons. The number of rotatable bonds is 4. The summed E-state index contributed by atoms with van der Waals surface area (Å²) in [5, 5.41) is 2.86. The molecule has 0 aliphatic heterocycles. The van der Waals surface area contributed by atoms with E-state index in [1.54, 1.807) is 0 Å². The van der Waals surface area contributed by atoms with Gasteiger partial charge in [-0.15, -0.1) is 11.6 Å². The molecule has 2 aliphatic carbocycles. The van der Waals surface area contributed by atoms with E-state index in [1.807, 2.05) is 0 Å². The van der Waals surface area contributed by atoms with Crippen molar-refractivity contribution in [1.82, 2.24) is 0 Å². The van der Waals surface area contributed by atoms with Gasteiger partial charge in [0.25, 0.3) is 0 Å². The Kier molecular flexibility index (Phi) is 13.2. The Labute approximate surface area is 199 Å². The van der Waals surface area contributed by atoms with E-state index >= 15 is 0 Å². The number of fused-ring (bicyclic) bond motifs is 1. The second-order valence-electron chi connectivity index (χ2n) is 6.89. The molecule has 1 atom stereocenters. The van der Waals surface area contributed by atoms with Crippen molar-refractivity contribution in [2.75, 3.05) is 0 Å². The molecule has 0 N–H and O–H groups in total. The molecule has 1 unspecified atom stereocenters. The molecule has 2 aromatic rings. The first-order valence-corrected chi connectivity index (χ1v) is 9.95. The fraction of sp³-hybridized carbons (Fsp3) is 0.364. The summed E-state index contributed by atoms with van der Waals surface area (Å²) in [5.41, 5.74) is 2.98. The number of halogens is 3. The monoisotopic (exact) mass is 468 g/mol. The van der Waals surface area contributed by atoms with Crippen molar-refractivity contribution in [3.8, 4) is 0 Å². The summed E-state index contributed by atoms with van der Waals surface area (Å²) in [6.07, 6.45) is 12.3. The van der Waals surface area contributed by atoms with Crippen LogP contribution in [-0.4, -0.2) is 9.52 Å². The molecule has 0 spiro atoms. The van der Waals surface area contributed by atoms with Crippen LogP contribution >= 0.6 is 0 Å². The molecular formula is C22H23Cl3SiTi. The standard InChI is InChI=1S/C22H23Si.3ClH.Ti/c1-3-9-17(10-4-1)15-18-16-22(21-14-8-7-13-20(18)21)23-19-11-5-2-6-12-19;;;;/h2,5-8,11-14,17-18H,1,3-4,9-10,15H2;3*1H;/q-1;;;;+4/p-3. The van der Waals surface area contributed by atoms with Crippen LogP contribution in [0.25, 0.3) is 5.20 Å². The van der Waals surface area contributed by atoms with Crippen LogP contribution in [0.15, 0.2) is 54.6 Å². The smallest absolute Gasteiger partial charge is 1.00 e. The fourth-order valence-corrected chi connectivity index (χ4v) is 5.33. The van der Waals surface area contributed by atoms with E-state index < -0.39 is 0 Å². The van der Waals surface area contributed by atoms with E-state index in [0.717, 1.165) is 15.4 Å². The van der Waals surface area contributed by atoms with E-state index in [2.05, 4.69) is 60.7 Å². The third-order valence-corrected chi connectivity index (χ3v) is 6.55. The zero-order valence-electron chi connectivity index (χ0n) is 15.2. The average molecular weight is 470 g/mol. The topological polar surface area (TPSA) is 0 Å². The minimum Gasteiger partial charge on any atom is -1.00 e. The Morgan fingerprint density at radius 1 is 0.815 bits per heavy atom. The molecule has 0 saturated heterocycles. The van der Waals surface area contributed by atoms with Gasteiger partial charge in [-0.05, 0) is 5.92 Å². The van der Waals surface area contributed by atoms with Crippen molar-refractivity contribution in [1.29, 1.82) is 0 Å². The van der Waals surface area contributed by atoms with Crippen LogP contribution in [-0.2, 0) is 21.7 Å².